The van der Waals surface area contributed by atoms with Gasteiger partial charge in [-0.15, -0.1) is 3.89 Å². The van der Waals surface area contributed by atoms with Crippen molar-refractivity contribution in [2.45, 2.75) is 18.7 Å². The molecule has 0 amide bonds. The van der Waals surface area contributed by atoms with Gasteiger partial charge >= 0.3 is 10.2 Å². The lowest BCUT2D eigenvalue weighted by Crippen LogP contribution is -2.05. The number of methoxy groups -OCH3 is 1. The molecule has 0 atom stereocenters. The molecule has 0 aliphatic carbocycles. The molecule has 0 unspecified atom stereocenters. The molecule has 0 radical (unpaired) electrons. The third-order valence-electron chi connectivity index (χ3n) is 3.27. The maximum absolute atomic E-state index is 13.0. The molecule has 0 saturated carbocycles. The summed E-state index contributed by atoms with van der Waals surface area (Å²) in [6, 6.07) is 5.20. The van der Waals surface area contributed by atoms with E-state index in [4.69, 9.17) is 4.74 Å². The van der Waals surface area contributed by atoms with Crippen molar-refractivity contribution < 1.29 is 22.0 Å². The van der Waals surface area contributed by atoms with Crippen molar-refractivity contribution in [3.05, 3.63) is 46.1 Å². The minimum atomic E-state index is -4.85. The van der Waals surface area contributed by atoms with Crippen molar-refractivity contribution in [1.29, 1.82) is 0 Å². The molecule has 2 aromatic rings. The second kappa shape index (κ2) is 8.03. The van der Waals surface area contributed by atoms with Gasteiger partial charge in [-0.2, -0.15) is 13.5 Å². The number of nitrogens with zero attached hydrogens (tertiary/aromatic N) is 3. The number of nitro groups is 1. The van der Waals surface area contributed by atoms with Crippen LogP contribution < -0.4 is 5.32 Å². The highest BCUT2D eigenvalue weighted by Gasteiger charge is 2.17. The Morgan fingerprint density at radius 1 is 1.40 bits per heavy atom. The molecule has 0 fully saturated rings. The smallest absolute Gasteiger partial charge is 0.306 e. The first-order valence-corrected chi connectivity index (χ1v) is 8.83. The Morgan fingerprint density at radius 3 is 2.80 bits per heavy atom. The standard InChI is InChI=1S/C14H17FN4O5S/c1-24-8-2-6-18-7-5-14(17-18)16-13-4-3-12(19(20)21)9-11(13)10-25(15,22)23/h3-5,7,9H,2,6,8,10H2,1H3,(H,16,17). The Kier molecular flexibility index (Phi) is 6.04. The molecule has 1 aromatic heterocycles. The molecular formula is C14H17FN4O5S. The third kappa shape index (κ3) is 5.80. The third-order valence-corrected chi connectivity index (χ3v) is 3.92. The van der Waals surface area contributed by atoms with Crippen molar-refractivity contribution in [2.24, 2.45) is 0 Å². The number of aryl methyl sites for hydroxylation is 1. The summed E-state index contributed by atoms with van der Waals surface area (Å²) in [5, 5.41) is 17.9. The zero-order chi connectivity index (χ0) is 18.4. The number of rotatable bonds is 9. The molecule has 11 heteroatoms. The number of nitro benzene ring substituents is 1. The van der Waals surface area contributed by atoms with Gasteiger partial charge in [-0.25, -0.2) is 0 Å². The van der Waals surface area contributed by atoms with Gasteiger partial charge in [0.05, 0.1) is 4.92 Å². The monoisotopic (exact) mass is 372 g/mol. The molecule has 1 heterocycles. The summed E-state index contributed by atoms with van der Waals surface area (Å²) >= 11 is 0. The number of nitrogens with one attached hydrogen (secondary N) is 1. The molecule has 0 aliphatic rings. The highest BCUT2D eigenvalue weighted by molar-refractivity contribution is 7.85. The number of ether oxygens (including phenoxy) is 1. The van der Waals surface area contributed by atoms with E-state index < -0.39 is 20.9 Å². The quantitative estimate of drug-likeness (QED) is 0.311. The van der Waals surface area contributed by atoms with Crippen LogP contribution in [0.15, 0.2) is 30.5 Å². The molecule has 25 heavy (non-hydrogen) atoms. The Morgan fingerprint density at radius 2 is 2.16 bits per heavy atom. The van der Waals surface area contributed by atoms with Gasteiger partial charge in [-0.3, -0.25) is 14.8 Å². The molecule has 9 nitrogen and oxygen atoms in total. The van der Waals surface area contributed by atoms with Crippen molar-refractivity contribution in [1.82, 2.24) is 9.78 Å². The maximum Gasteiger partial charge on any atom is 0.306 e. The Hall–Kier alpha value is -2.53. The lowest BCUT2D eigenvalue weighted by molar-refractivity contribution is -0.384. The summed E-state index contributed by atoms with van der Waals surface area (Å²) in [5.41, 5.74) is -0.145. The van der Waals surface area contributed by atoms with Gasteiger partial charge in [0.15, 0.2) is 5.82 Å². The van der Waals surface area contributed by atoms with Gasteiger partial charge in [0.25, 0.3) is 5.69 Å². The van der Waals surface area contributed by atoms with Crippen LogP contribution in [0.5, 0.6) is 0 Å². The van der Waals surface area contributed by atoms with E-state index in [1.807, 2.05) is 0 Å². The predicted octanol–water partition coefficient (Wildman–Crippen LogP) is 2.37. The zero-order valence-corrected chi connectivity index (χ0v) is 14.2. The minimum Gasteiger partial charge on any atom is -0.385 e. The summed E-state index contributed by atoms with van der Waals surface area (Å²) < 4.78 is 41.5. The van der Waals surface area contributed by atoms with Crippen molar-refractivity contribution in [3.8, 4) is 0 Å². The van der Waals surface area contributed by atoms with E-state index in [-0.39, 0.29) is 16.9 Å². The van der Waals surface area contributed by atoms with Crippen LogP contribution in [0, 0.1) is 10.1 Å². The number of non-ortho nitro benzene ring substituents is 1. The molecule has 0 aliphatic heterocycles. The van der Waals surface area contributed by atoms with Gasteiger partial charge < -0.3 is 10.1 Å². The summed E-state index contributed by atoms with van der Waals surface area (Å²) in [6.07, 6.45) is 2.48. The lowest BCUT2D eigenvalue weighted by Gasteiger charge is -2.09. The predicted molar refractivity (Wildman–Crippen MR) is 88.8 cm³/mol. The van der Waals surface area contributed by atoms with Gasteiger partial charge in [0.2, 0.25) is 0 Å². The normalized spacial score (nSPS) is 11.4. The van der Waals surface area contributed by atoms with E-state index in [0.29, 0.717) is 19.0 Å². The van der Waals surface area contributed by atoms with E-state index >= 15 is 0 Å². The van der Waals surface area contributed by atoms with Gasteiger partial charge in [0.1, 0.15) is 5.75 Å². The number of hydrogen-bond acceptors (Lipinski definition) is 7. The Balaban J connectivity index is 2.21. The second-order valence-corrected chi connectivity index (χ2v) is 6.58. The van der Waals surface area contributed by atoms with E-state index in [1.165, 1.54) is 12.1 Å². The molecule has 1 aromatic carbocycles. The van der Waals surface area contributed by atoms with E-state index in [9.17, 15) is 22.4 Å². The molecule has 1 N–H and O–H groups in total. The zero-order valence-electron chi connectivity index (χ0n) is 13.4. The molecule has 0 spiro atoms. The van der Waals surface area contributed by atoms with Crippen LogP contribution in [-0.2, 0) is 27.3 Å². The first kappa shape index (κ1) is 18.8. The average Bonchev–Trinajstić information content (AvgIpc) is 2.95. The van der Waals surface area contributed by atoms with Crippen molar-refractivity contribution in [2.75, 3.05) is 19.0 Å². The van der Waals surface area contributed by atoms with Gasteiger partial charge in [-0.1, -0.05) is 0 Å². The molecule has 2 rings (SSSR count). The van der Waals surface area contributed by atoms with Crippen LogP contribution in [-0.4, -0.2) is 36.8 Å². The topological polar surface area (TPSA) is 116 Å². The molecular weight excluding hydrogens is 355 g/mol. The highest BCUT2D eigenvalue weighted by atomic mass is 32.3. The molecule has 0 saturated heterocycles. The van der Waals surface area contributed by atoms with Crippen LogP contribution in [0.1, 0.15) is 12.0 Å². The van der Waals surface area contributed by atoms with Crippen molar-refractivity contribution in [3.63, 3.8) is 0 Å². The minimum absolute atomic E-state index is 0.0503. The fraction of sp³-hybridized carbons (Fsp3) is 0.357. The number of anilines is 2. The maximum atomic E-state index is 13.0. The molecule has 136 valence electrons. The first-order chi connectivity index (χ1) is 11.8. The number of halogens is 1. The Bertz CT molecular complexity index is 853. The Labute approximate surface area is 143 Å². The average molecular weight is 372 g/mol. The second-order valence-electron chi connectivity index (χ2n) is 5.22. The van der Waals surface area contributed by atoms with Gasteiger partial charge in [0, 0.05) is 55.9 Å². The van der Waals surface area contributed by atoms with Crippen LogP contribution in [0.25, 0.3) is 0 Å². The fourth-order valence-corrected chi connectivity index (χ4v) is 2.79. The van der Waals surface area contributed by atoms with Crippen LogP contribution in [0.4, 0.5) is 21.1 Å². The number of benzene rings is 1. The summed E-state index contributed by atoms with van der Waals surface area (Å²) in [6.45, 7) is 1.21. The lowest BCUT2D eigenvalue weighted by atomic mass is 10.2. The number of aromatic nitrogens is 2. The molecule has 0 bridgehead atoms. The van der Waals surface area contributed by atoms with Crippen LogP contribution in [0.3, 0.4) is 0 Å². The first-order valence-electron chi connectivity index (χ1n) is 7.27. The van der Waals surface area contributed by atoms with E-state index in [1.54, 1.807) is 24.1 Å². The summed E-state index contributed by atoms with van der Waals surface area (Å²) in [5.74, 6) is -0.560. The fourth-order valence-electron chi connectivity index (χ4n) is 2.18. The van der Waals surface area contributed by atoms with Crippen molar-refractivity contribution >= 4 is 27.4 Å². The van der Waals surface area contributed by atoms with E-state index in [0.717, 1.165) is 12.5 Å². The van der Waals surface area contributed by atoms with Crippen LogP contribution >= 0.6 is 0 Å². The number of hydrogen-bond donors (Lipinski definition) is 1. The highest BCUT2D eigenvalue weighted by Crippen LogP contribution is 2.26. The largest absolute Gasteiger partial charge is 0.385 e. The van der Waals surface area contributed by atoms with E-state index in [2.05, 4.69) is 10.4 Å². The van der Waals surface area contributed by atoms with Crippen LogP contribution in [0.2, 0.25) is 0 Å². The SMILES string of the molecule is COCCCn1ccc(Nc2ccc([N+](=O)[O-])cc2CS(=O)(=O)F)n1. The summed E-state index contributed by atoms with van der Waals surface area (Å²) in [4.78, 5) is 10.2. The summed E-state index contributed by atoms with van der Waals surface area (Å²) in [7, 11) is -3.24. The van der Waals surface area contributed by atoms with Gasteiger partial charge in [-0.05, 0) is 12.5 Å².